The summed E-state index contributed by atoms with van der Waals surface area (Å²) in [5.41, 5.74) is 0. The minimum absolute atomic E-state index is 0. The summed E-state index contributed by atoms with van der Waals surface area (Å²) in [5.74, 6) is 0.630. The predicted molar refractivity (Wildman–Crippen MR) is 64.1 cm³/mol. The van der Waals surface area contributed by atoms with Crippen LogP contribution < -0.4 is 22.0 Å². The van der Waals surface area contributed by atoms with Gasteiger partial charge in [0.15, 0.2) is 0 Å². The number of hydrogen-bond donors (Lipinski definition) is 1. The molecular weight excluding hydrogens is 259 g/mol. The van der Waals surface area contributed by atoms with Gasteiger partial charge in [0.05, 0.1) is 13.6 Å². The van der Waals surface area contributed by atoms with Gasteiger partial charge in [-0.25, -0.2) is 4.98 Å². The monoisotopic (exact) mass is 276 g/mol. The van der Waals surface area contributed by atoms with Crippen molar-refractivity contribution in [2.24, 2.45) is 0 Å². The first-order valence-electron chi connectivity index (χ1n) is 5.83. The topological polar surface area (TPSA) is 26.6 Å². The van der Waals surface area contributed by atoms with E-state index in [0.717, 1.165) is 6.61 Å². The van der Waals surface area contributed by atoms with E-state index in [9.17, 15) is 0 Å². The summed E-state index contributed by atoms with van der Waals surface area (Å²) in [6.07, 6.45) is 3.89. The molecule has 96 valence electrons. The molecule has 1 aliphatic rings. The van der Waals surface area contributed by atoms with Gasteiger partial charge in [-0.3, -0.25) is 0 Å². The van der Waals surface area contributed by atoms with Crippen molar-refractivity contribution < 1.29 is 22.0 Å². The van der Waals surface area contributed by atoms with Crippen LogP contribution in [0.2, 0.25) is 5.15 Å². The van der Waals surface area contributed by atoms with Gasteiger partial charge in [0.25, 0.3) is 0 Å². The van der Waals surface area contributed by atoms with Crippen molar-refractivity contribution in [1.29, 1.82) is 0 Å². The van der Waals surface area contributed by atoms with Crippen LogP contribution in [0.15, 0.2) is 18.2 Å². The molecule has 0 bridgehead atoms. The van der Waals surface area contributed by atoms with Gasteiger partial charge in [-0.15, -0.1) is 0 Å². The number of ether oxygens (including phenoxy) is 1. The van der Waals surface area contributed by atoms with Crippen LogP contribution in [-0.4, -0.2) is 31.2 Å². The number of quaternary nitrogens is 1. The third-order valence-electron chi connectivity index (χ3n) is 3.19. The average molecular weight is 277 g/mol. The number of likely N-dealkylation sites (tertiary alicyclic amines) is 1. The minimum Gasteiger partial charge on any atom is -1.00 e. The fourth-order valence-corrected chi connectivity index (χ4v) is 2.28. The Morgan fingerprint density at radius 2 is 2.29 bits per heavy atom. The number of aromatic nitrogens is 1. The Morgan fingerprint density at radius 3 is 3.00 bits per heavy atom. The van der Waals surface area contributed by atoms with E-state index in [2.05, 4.69) is 12.0 Å². The first kappa shape index (κ1) is 14.6. The normalized spacial score (nSPS) is 23.9. The zero-order valence-corrected chi connectivity index (χ0v) is 11.5. The predicted octanol–water partition coefficient (Wildman–Crippen LogP) is -1.81. The van der Waals surface area contributed by atoms with Crippen LogP contribution in [0.3, 0.4) is 0 Å². The zero-order valence-electron chi connectivity index (χ0n) is 9.96. The molecule has 0 aliphatic carbocycles. The lowest BCUT2D eigenvalue weighted by molar-refractivity contribution is -0.911. The SMILES string of the molecule is C[NH+]1CCCCC1COc1cccc(Cl)n1.[Cl-]. The fourth-order valence-electron chi connectivity index (χ4n) is 2.13. The number of rotatable bonds is 3. The van der Waals surface area contributed by atoms with Crippen LogP contribution in [0.25, 0.3) is 0 Å². The molecule has 0 amide bonds. The molecule has 5 heteroatoms. The molecule has 1 aromatic rings. The van der Waals surface area contributed by atoms with Crippen molar-refractivity contribution in [3.63, 3.8) is 0 Å². The highest BCUT2D eigenvalue weighted by molar-refractivity contribution is 6.29. The van der Waals surface area contributed by atoms with Gasteiger partial charge in [0.1, 0.15) is 17.8 Å². The molecule has 1 N–H and O–H groups in total. The highest BCUT2D eigenvalue weighted by atomic mass is 35.5. The molecule has 0 radical (unpaired) electrons. The molecule has 0 aromatic carbocycles. The molecule has 17 heavy (non-hydrogen) atoms. The van der Waals surface area contributed by atoms with Gasteiger partial charge in [-0.1, -0.05) is 17.7 Å². The lowest BCUT2D eigenvalue weighted by atomic mass is 10.0. The first-order valence-corrected chi connectivity index (χ1v) is 6.21. The van der Waals surface area contributed by atoms with E-state index in [-0.39, 0.29) is 12.4 Å². The van der Waals surface area contributed by atoms with Crippen LogP contribution in [-0.2, 0) is 0 Å². The van der Waals surface area contributed by atoms with E-state index in [0.29, 0.717) is 17.1 Å². The van der Waals surface area contributed by atoms with E-state index < -0.39 is 0 Å². The van der Waals surface area contributed by atoms with Crippen LogP contribution in [0.4, 0.5) is 0 Å². The Balaban J connectivity index is 0.00000144. The van der Waals surface area contributed by atoms with Crippen molar-refractivity contribution in [3.8, 4) is 5.88 Å². The second kappa shape index (κ2) is 7.04. The smallest absolute Gasteiger partial charge is 0.214 e. The molecule has 2 unspecified atom stereocenters. The number of piperidine rings is 1. The van der Waals surface area contributed by atoms with E-state index in [1.807, 2.05) is 12.1 Å². The van der Waals surface area contributed by atoms with Crippen LogP contribution >= 0.6 is 11.6 Å². The molecule has 1 saturated heterocycles. The molecule has 1 aromatic heterocycles. The standard InChI is InChI=1S/C12H17ClN2O.ClH/c1-15-8-3-2-5-10(15)9-16-12-7-4-6-11(13)14-12;/h4,6-7,10H,2-3,5,8-9H2,1H3;1H. The van der Waals surface area contributed by atoms with Crippen molar-refractivity contribution in [2.45, 2.75) is 25.3 Å². The number of pyridine rings is 1. The maximum Gasteiger partial charge on any atom is 0.214 e. The molecule has 2 heterocycles. The Morgan fingerprint density at radius 1 is 1.47 bits per heavy atom. The summed E-state index contributed by atoms with van der Waals surface area (Å²) < 4.78 is 5.68. The van der Waals surface area contributed by atoms with E-state index in [1.165, 1.54) is 25.8 Å². The molecule has 0 spiro atoms. The Kier molecular flexibility index (Phi) is 6.03. The van der Waals surface area contributed by atoms with E-state index >= 15 is 0 Å². The first-order chi connectivity index (χ1) is 7.75. The average Bonchev–Trinajstić information content (AvgIpc) is 2.28. The van der Waals surface area contributed by atoms with Gasteiger partial charge in [0, 0.05) is 12.5 Å². The van der Waals surface area contributed by atoms with Crippen LogP contribution in [0, 0.1) is 0 Å². The summed E-state index contributed by atoms with van der Waals surface area (Å²) >= 11 is 5.80. The molecule has 2 atom stereocenters. The fraction of sp³-hybridized carbons (Fsp3) is 0.583. The second-order valence-electron chi connectivity index (χ2n) is 4.40. The van der Waals surface area contributed by atoms with Gasteiger partial charge in [-0.2, -0.15) is 0 Å². The lowest BCUT2D eigenvalue weighted by Crippen LogP contribution is -3.14. The molecule has 1 aliphatic heterocycles. The zero-order chi connectivity index (χ0) is 11.4. The second-order valence-corrected chi connectivity index (χ2v) is 4.79. The summed E-state index contributed by atoms with van der Waals surface area (Å²) in [7, 11) is 2.23. The van der Waals surface area contributed by atoms with Crippen molar-refractivity contribution in [3.05, 3.63) is 23.4 Å². The van der Waals surface area contributed by atoms with Gasteiger partial charge >= 0.3 is 0 Å². The third-order valence-corrected chi connectivity index (χ3v) is 3.40. The molecule has 1 fully saturated rings. The van der Waals surface area contributed by atoms with E-state index in [1.54, 1.807) is 11.0 Å². The minimum atomic E-state index is 0. The quantitative estimate of drug-likeness (QED) is 0.659. The largest absolute Gasteiger partial charge is 1.00 e. The van der Waals surface area contributed by atoms with Crippen molar-refractivity contribution >= 4 is 11.6 Å². The Bertz CT molecular complexity index is 349. The van der Waals surface area contributed by atoms with E-state index in [4.69, 9.17) is 16.3 Å². The number of hydrogen-bond acceptors (Lipinski definition) is 2. The molecule has 0 saturated carbocycles. The highest BCUT2D eigenvalue weighted by Crippen LogP contribution is 2.12. The summed E-state index contributed by atoms with van der Waals surface area (Å²) in [5, 5.41) is 0.488. The van der Waals surface area contributed by atoms with Gasteiger partial charge in [0.2, 0.25) is 5.88 Å². The molecular formula is C12H18Cl2N2O. The van der Waals surface area contributed by atoms with Crippen LogP contribution in [0.1, 0.15) is 19.3 Å². The van der Waals surface area contributed by atoms with Crippen LogP contribution in [0.5, 0.6) is 5.88 Å². The third kappa shape index (κ3) is 4.34. The Labute approximate surface area is 114 Å². The van der Waals surface area contributed by atoms with Gasteiger partial charge < -0.3 is 22.0 Å². The number of halogens is 2. The van der Waals surface area contributed by atoms with Crippen molar-refractivity contribution in [2.75, 3.05) is 20.2 Å². The summed E-state index contributed by atoms with van der Waals surface area (Å²) in [6, 6.07) is 6.06. The lowest BCUT2D eigenvalue weighted by Gasteiger charge is -2.28. The summed E-state index contributed by atoms with van der Waals surface area (Å²) in [6.45, 7) is 1.98. The highest BCUT2D eigenvalue weighted by Gasteiger charge is 2.23. The number of nitrogens with one attached hydrogen (secondary N) is 1. The number of nitrogens with zero attached hydrogens (tertiary/aromatic N) is 1. The van der Waals surface area contributed by atoms with Gasteiger partial charge in [-0.05, 0) is 18.9 Å². The summed E-state index contributed by atoms with van der Waals surface area (Å²) in [4.78, 5) is 5.68. The maximum atomic E-state index is 5.80. The van der Waals surface area contributed by atoms with Crippen molar-refractivity contribution in [1.82, 2.24) is 4.98 Å². The molecule has 2 rings (SSSR count). The Hall–Kier alpha value is -0.510. The maximum absolute atomic E-state index is 5.80. The molecule has 3 nitrogen and oxygen atoms in total. The number of likely N-dealkylation sites (N-methyl/N-ethyl adjacent to an activating group) is 1.